The molecule has 8 nitrogen and oxygen atoms in total. The SMILES string of the molecule is NCC1CN(c2ccc(N3CCN(C(=O)CO)CC3)c(Br)c2)C(=O)O1. The average Bonchev–Trinajstić information content (AvgIpc) is 3.02. The summed E-state index contributed by atoms with van der Waals surface area (Å²) in [6.45, 7) is 2.82. The summed E-state index contributed by atoms with van der Waals surface area (Å²) in [4.78, 5) is 28.9. The molecule has 0 aromatic heterocycles. The van der Waals surface area contributed by atoms with E-state index in [2.05, 4.69) is 20.8 Å². The molecule has 2 aliphatic heterocycles. The van der Waals surface area contributed by atoms with E-state index in [4.69, 9.17) is 15.6 Å². The van der Waals surface area contributed by atoms with Gasteiger partial charge in [-0.1, -0.05) is 0 Å². The third-order valence-electron chi connectivity index (χ3n) is 4.49. The number of hydrogen-bond acceptors (Lipinski definition) is 6. The maximum absolute atomic E-state index is 11.9. The first-order valence-corrected chi connectivity index (χ1v) is 8.94. The maximum atomic E-state index is 11.9. The second-order valence-corrected chi connectivity index (χ2v) is 6.87. The Balaban J connectivity index is 1.69. The second kappa shape index (κ2) is 7.59. The molecule has 2 amide bonds. The maximum Gasteiger partial charge on any atom is 0.414 e. The van der Waals surface area contributed by atoms with Crippen LogP contribution in [-0.2, 0) is 9.53 Å². The Kier molecular flexibility index (Phi) is 5.45. The predicted molar refractivity (Wildman–Crippen MR) is 96.7 cm³/mol. The monoisotopic (exact) mass is 412 g/mol. The Morgan fingerprint density at radius 1 is 1.32 bits per heavy atom. The number of nitrogens with zero attached hydrogens (tertiary/aromatic N) is 3. The molecule has 2 fully saturated rings. The van der Waals surface area contributed by atoms with Crippen LogP contribution in [0.1, 0.15) is 0 Å². The van der Waals surface area contributed by atoms with Crippen LogP contribution in [0.5, 0.6) is 0 Å². The number of anilines is 2. The van der Waals surface area contributed by atoms with E-state index in [1.807, 2.05) is 18.2 Å². The molecule has 0 aliphatic carbocycles. The zero-order valence-corrected chi connectivity index (χ0v) is 15.3. The zero-order chi connectivity index (χ0) is 18.0. The highest BCUT2D eigenvalue weighted by Crippen LogP contribution is 2.33. The minimum absolute atomic E-state index is 0.240. The van der Waals surface area contributed by atoms with E-state index < -0.39 is 6.61 Å². The summed E-state index contributed by atoms with van der Waals surface area (Å²) in [6, 6.07) is 5.72. The molecule has 3 N–H and O–H groups in total. The standard InChI is InChI=1S/C16H21BrN4O4/c17-13-7-11(21-9-12(8-18)25-16(21)24)1-2-14(13)19-3-5-20(6-4-19)15(23)10-22/h1-2,7,12,22H,3-6,8-10,18H2. The van der Waals surface area contributed by atoms with E-state index in [1.54, 1.807) is 9.80 Å². The Hall–Kier alpha value is -1.84. The van der Waals surface area contributed by atoms with Crippen LogP contribution in [0.2, 0.25) is 0 Å². The van der Waals surface area contributed by atoms with Gasteiger partial charge in [0.15, 0.2) is 0 Å². The van der Waals surface area contributed by atoms with Crippen molar-refractivity contribution in [3.63, 3.8) is 0 Å². The Labute approximate surface area is 154 Å². The van der Waals surface area contributed by atoms with Gasteiger partial charge in [-0.25, -0.2) is 4.79 Å². The third-order valence-corrected chi connectivity index (χ3v) is 5.12. The number of ether oxygens (including phenoxy) is 1. The first kappa shape index (κ1) is 18.0. The highest BCUT2D eigenvalue weighted by molar-refractivity contribution is 9.10. The number of cyclic esters (lactones) is 1. The summed E-state index contributed by atoms with van der Waals surface area (Å²) in [5.41, 5.74) is 7.32. The lowest BCUT2D eigenvalue weighted by Crippen LogP contribution is -2.49. The van der Waals surface area contributed by atoms with Crippen LogP contribution < -0.4 is 15.5 Å². The van der Waals surface area contributed by atoms with Crippen LogP contribution in [0.25, 0.3) is 0 Å². The zero-order valence-electron chi connectivity index (χ0n) is 13.7. The minimum atomic E-state index is -0.450. The van der Waals surface area contributed by atoms with Crippen molar-refractivity contribution in [3.05, 3.63) is 22.7 Å². The summed E-state index contributed by atoms with van der Waals surface area (Å²) < 4.78 is 6.06. The average molecular weight is 413 g/mol. The van der Waals surface area contributed by atoms with Gasteiger partial charge in [0.25, 0.3) is 0 Å². The number of benzene rings is 1. The molecule has 0 spiro atoms. The van der Waals surface area contributed by atoms with Crippen molar-refractivity contribution < 1.29 is 19.4 Å². The number of halogens is 1. The Bertz CT molecular complexity index is 664. The summed E-state index contributed by atoms with van der Waals surface area (Å²) in [7, 11) is 0. The quantitative estimate of drug-likeness (QED) is 0.741. The fourth-order valence-electron chi connectivity index (χ4n) is 3.07. The number of hydrogen-bond donors (Lipinski definition) is 2. The first-order valence-electron chi connectivity index (χ1n) is 8.15. The van der Waals surface area contributed by atoms with E-state index in [1.165, 1.54) is 0 Å². The molecule has 0 saturated carbocycles. The summed E-state index contributed by atoms with van der Waals surface area (Å²) in [6.07, 6.45) is -0.658. The van der Waals surface area contributed by atoms with Crippen molar-refractivity contribution in [1.82, 2.24) is 4.90 Å². The van der Waals surface area contributed by atoms with Gasteiger partial charge in [0.2, 0.25) is 5.91 Å². The first-order chi connectivity index (χ1) is 12.0. The second-order valence-electron chi connectivity index (χ2n) is 6.01. The minimum Gasteiger partial charge on any atom is -0.443 e. The molecular weight excluding hydrogens is 392 g/mol. The summed E-state index contributed by atoms with van der Waals surface area (Å²) in [5, 5.41) is 8.94. The highest BCUT2D eigenvalue weighted by atomic mass is 79.9. The van der Waals surface area contributed by atoms with E-state index in [9.17, 15) is 9.59 Å². The number of piperazine rings is 1. The van der Waals surface area contributed by atoms with Crippen LogP contribution in [0.15, 0.2) is 22.7 Å². The highest BCUT2D eigenvalue weighted by Gasteiger charge is 2.32. The molecule has 2 heterocycles. The lowest BCUT2D eigenvalue weighted by Gasteiger charge is -2.36. The number of nitrogens with two attached hydrogens (primary N) is 1. The van der Waals surface area contributed by atoms with E-state index in [-0.39, 0.29) is 18.1 Å². The molecule has 2 aliphatic rings. The van der Waals surface area contributed by atoms with E-state index in [0.717, 1.165) is 15.8 Å². The van der Waals surface area contributed by atoms with Gasteiger partial charge in [0.05, 0.1) is 12.2 Å². The molecule has 3 rings (SSSR count). The number of carbonyl (C=O) groups is 2. The molecule has 136 valence electrons. The third kappa shape index (κ3) is 3.73. The number of rotatable bonds is 4. The van der Waals surface area contributed by atoms with Gasteiger partial charge in [0, 0.05) is 42.9 Å². The number of aliphatic hydroxyl groups is 1. The summed E-state index contributed by atoms with van der Waals surface area (Å²) in [5.74, 6) is -0.240. The molecule has 1 aromatic carbocycles. The lowest BCUT2D eigenvalue weighted by atomic mass is 10.2. The molecule has 25 heavy (non-hydrogen) atoms. The van der Waals surface area contributed by atoms with Crippen molar-refractivity contribution in [2.75, 3.05) is 55.7 Å². The number of amides is 2. The largest absolute Gasteiger partial charge is 0.443 e. The number of aliphatic hydroxyl groups excluding tert-OH is 1. The molecule has 2 saturated heterocycles. The number of carbonyl (C=O) groups excluding carboxylic acids is 2. The fraction of sp³-hybridized carbons (Fsp3) is 0.500. The molecular formula is C16H21BrN4O4. The van der Waals surface area contributed by atoms with Gasteiger partial charge in [0.1, 0.15) is 12.7 Å². The lowest BCUT2D eigenvalue weighted by molar-refractivity contribution is -0.134. The molecule has 1 aromatic rings. The fourth-order valence-corrected chi connectivity index (χ4v) is 3.69. The molecule has 0 bridgehead atoms. The van der Waals surface area contributed by atoms with Crippen molar-refractivity contribution in [1.29, 1.82) is 0 Å². The van der Waals surface area contributed by atoms with Gasteiger partial charge in [-0.2, -0.15) is 0 Å². The van der Waals surface area contributed by atoms with Gasteiger partial charge in [-0.3, -0.25) is 9.69 Å². The van der Waals surface area contributed by atoms with Crippen LogP contribution in [0.4, 0.5) is 16.2 Å². The molecule has 1 atom stereocenters. The van der Waals surface area contributed by atoms with Gasteiger partial charge >= 0.3 is 6.09 Å². The normalized spacial score (nSPS) is 20.8. The topological polar surface area (TPSA) is 99.3 Å². The van der Waals surface area contributed by atoms with Crippen LogP contribution in [0, 0.1) is 0 Å². The van der Waals surface area contributed by atoms with Gasteiger partial charge in [-0.15, -0.1) is 0 Å². The van der Waals surface area contributed by atoms with E-state index >= 15 is 0 Å². The summed E-state index contributed by atoms with van der Waals surface area (Å²) >= 11 is 3.57. The van der Waals surface area contributed by atoms with Crippen LogP contribution >= 0.6 is 15.9 Å². The van der Waals surface area contributed by atoms with Crippen LogP contribution in [0.3, 0.4) is 0 Å². The van der Waals surface area contributed by atoms with Crippen molar-refractivity contribution in [2.24, 2.45) is 5.73 Å². The van der Waals surface area contributed by atoms with Crippen molar-refractivity contribution in [3.8, 4) is 0 Å². The van der Waals surface area contributed by atoms with Crippen LogP contribution in [-0.4, -0.2) is 74.0 Å². The molecule has 0 radical (unpaired) electrons. The molecule has 1 unspecified atom stereocenters. The Morgan fingerprint density at radius 3 is 2.60 bits per heavy atom. The Morgan fingerprint density at radius 2 is 2.04 bits per heavy atom. The van der Waals surface area contributed by atoms with Gasteiger partial charge in [-0.05, 0) is 34.1 Å². The van der Waals surface area contributed by atoms with E-state index in [0.29, 0.717) is 39.3 Å². The van der Waals surface area contributed by atoms with Crippen molar-refractivity contribution >= 4 is 39.3 Å². The molecule has 9 heteroatoms. The van der Waals surface area contributed by atoms with Gasteiger partial charge < -0.3 is 25.4 Å². The predicted octanol–water partition coefficient (Wildman–Crippen LogP) is 0.374. The van der Waals surface area contributed by atoms with Crippen molar-refractivity contribution in [2.45, 2.75) is 6.10 Å². The smallest absolute Gasteiger partial charge is 0.414 e.